The van der Waals surface area contributed by atoms with Crippen LogP contribution < -0.4 is 11.1 Å². The molecule has 0 fully saturated rings. The number of amides is 1. The Balaban J connectivity index is 2.15. The molecule has 21 heavy (non-hydrogen) atoms. The lowest BCUT2D eigenvalue weighted by molar-refractivity contribution is -0.120. The summed E-state index contributed by atoms with van der Waals surface area (Å²) in [5.74, 6) is -0.155. The van der Waals surface area contributed by atoms with E-state index in [0.29, 0.717) is 13.0 Å². The van der Waals surface area contributed by atoms with Crippen LogP contribution in [-0.4, -0.2) is 21.2 Å². The molecule has 0 saturated carbocycles. The van der Waals surface area contributed by atoms with E-state index in [-0.39, 0.29) is 5.91 Å². The lowest BCUT2D eigenvalue weighted by Gasteiger charge is -2.23. The normalized spacial score (nSPS) is 13.7. The number of hydrogen-bond donors (Lipinski definition) is 2. The predicted molar refractivity (Wildman–Crippen MR) is 83.9 cm³/mol. The first kappa shape index (κ1) is 15.3. The Morgan fingerprint density at radius 3 is 2.81 bits per heavy atom. The standard InChI is InChI=1S/C16H22N4O/c1-3-9-16(2,17)15(21)19-14-8-5-4-7-13(14)12-20-11-6-10-18-20/h4-8,10-11H,3,9,12,17H2,1-2H3,(H,19,21). The van der Waals surface area contributed by atoms with Crippen molar-refractivity contribution in [1.29, 1.82) is 0 Å². The topological polar surface area (TPSA) is 72.9 Å². The summed E-state index contributed by atoms with van der Waals surface area (Å²) in [6.45, 7) is 4.39. The van der Waals surface area contributed by atoms with Gasteiger partial charge in [-0.15, -0.1) is 0 Å². The van der Waals surface area contributed by atoms with Crippen LogP contribution in [0.2, 0.25) is 0 Å². The second kappa shape index (κ2) is 6.54. The number of anilines is 1. The van der Waals surface area contributed by atoms with Crippen LogP contribution in [0.15, 0.2) is 42.7 Å². The number of carbonyl (C=O) groups excluding carboxylic acids is 1. The average molecular weight is 286 g/mol. The third-order valence-corrected chi connectivity index (χ3v) is 3.45. The van der Waals surface area contributed by atoms with Crippen molar-refractivity contribution in [2.75, 3.05) is 5.32 Å². The number of hydrogen-bond acceptors (Lipinski definition) is 3. The Labute approximate surface area is 125 Å². The van der Waals surface area contributed by atoms with Gasteiger partial charge in [0.2, 0.25) is 5.91 Å². The molecule has 0 aliphatic carbocycles. The van der Waals surface area contributed by atoms with Crippen molar-refractivity contribution in [3.63, 3.8) is 0 Å². The van der Waals surface area contributed by atoms with E-state index in [9.17, 15) is 4.79 Å². The zero-order valence-electron chi connectivity index (χ0n) is 12.5. The van der Waals surface area contributed by atoms with E-state index in [4.69, 9.17) is 5.73 Å². The summed E-state index contributed by atoms with van der Waals surface area (Å²) < 4.78 is 1.82. The van der Waals surface area contributed by atoms with Crippen molar-refractivity contribution < 1.29 is 4.79 Å². The highest BCUT2D eigenvalue weighted by Gasteiger charge is 2.27. The Morgan fingerprint density at radius 2 is 2.14 bits per heavy atom. The summed E-state index contributed by atoms with van der Waals surface area (Å²) in [4.78, 5) is 12.3. The van der Waals surface area contributed by atoms with E-state index >= 15 is 0 Å². The van der Waals surface area contributed by atoms with Gasteiger partial charge in [-0.3, -0.25) is 9.48 Å². The van der Waals surface area contributed by atoms with E-state index in [1.165, 1.54) is 0 Å². The maximum absolute atomic E-state index is 12.3. The minimum absolute atomic E-state index is 0.155. The summed E-state index contributed by atoms with van der Waals surface area (Å²) in [6, 6.07) is 9.58. The Morgan fingerprint density at radius 1 is 1.38 bits per heavy atom. The molecule has 3 N–H and O–H groups in total. The molecule has 1 atom stereocenters. The van der Waals surface area contributed by atoms with E-state index in [1.807, 2.05) is 48.1 Å². The van der Waals surface area contributed by atoms with Gasteiger partial charge >= 0.3 is 0 Å². The largest absolute Gasteiger partial charge is 0.324 e. The fraction of sp³-hybridized carbons (Fsp3) is 0.375. The SMILES string of the molecule is CCCC(C)(N)C(=O)Nc1ccccc1Cn1cccn1. The molecule has 2 rings (SSSR count). The van der Waals surface area contributed by atoms with Gasteiger partial charge in [0.1, 0.15) is 0 Å². The Hall–Kier alpha value is -2.14. The number of nitrogens with two attached hydrogens (primary N) is 1. The van der Waals surface area contributed by atoms with Crippen LogP contribution in [0.5, 0.6) is 0 Å². The van der Waals surface area contributed by atoms with Crippen LogP contribution in [0.4, 0.5) is 5.69 Å². The smallest absolute Gasteiger partial charge is 0.244 e. The second-order valence-corrected chi connectivity index (χ2v) is 5.48. The molecule has 0 spiro atoms. The monoisotopic (exact) mass is 286 g/mol. The third-order valence-electron chi connectivity index (χ3n) is 3.45. The summed E-state index contributed by atoms with van der Waals surface area (Å²) in [7, 11) is 0. The van der Waals surface area contributed by atoms with Crippen LogP contribution >= 0.6 is 0 Å². The minimum Gasteiger partial charge on any atom is -0.324 e. The van der Waals surface area contributed by atoms with E-state index in [2.05, 4.69) is 10.4 Å². The summed E-state index contributed by atoms with van der Waals surface area (Å²) in [6.07, 6.45) is 5.15. The van der Waals surface area contributed by atoms with Crippen molar-refractivity contribution in [3.8, 4) is 0 Å². The molecule has 1 unspecified atom stereocenters. The predicted octanol–water partition coefficient (Wildman–Crippen LogP) is 2.39. The third kappa shape index (κ3) is 3.92. The second-order valence-electron chi connectivity index (χ2n) is 5.48. The van der Waals surface area contributed by atoms with E-state index in [1.54, 1.807) is 13.1 Å². The highest BCUT2D eigenvalue weighted by molar-refractivity contribution is 5.98. The number of nitrogens with zero attached hydrogens (tertiary/aromatic N) is 2. The molecule has 0 saturated heterocycles. The average Bonchev–Trinajstić information content (AvgIpc) is 2.94. The number of aromatic nitrogens is 2. The van der Waals surface area contributed by atoms with Crippen LogP contribution in [-0.2, 0) is 11.3 Å². The number of rotatable bonds is 6. The van der Waals surface area contributed by atoms with Crippen molar-refractivity contribution in [2.24, 2.45) is 5.73 Å². The van der Waals surface area contributed by atoms with Gasteiger partial charge in [0.05, 0.1) is 12.1 Å². The quantitative estimate of drug-likeness (QED) is 0.856. The maximum atomic E-state index is 12.3. The zero-order valence-corrected chi connectivity index (χ0v) is 12.5. The van der Waals surface area contributed by atoms with E-state index in [0.717, 1.165) is 17.7 Å². The molecule has 1 aromatic heterocycles. The van der Waals surface area contributed by atoms with Gasteiger partial charge in [-0.05, 0) is 31.0 Å². The fourth-order valence-corrected chi connectivity index (χ4v) is 2.25. The van der Waals surface area contributed by atoms with Crippen molar-refractivity contribution in [1.82, 2.24) is 9.78 Å². The molecule has 1 amide bonds. The summed E-state index contributed by atoms with van der Waals surface area (Å²) >= 11 is 0. The minimum atomic E-state index is -0.854. The van der Waals surface area contributed by atoms with Crippen molar-refractivity contribution in [2.45, 2.75) is 38.8 Å². The maximum Gasteiger partial charge on any atom is 0.244 e. The molecule has 112 valence electrons. The first-order chi connectivity index (χ1) is 10.0. The number of carbonyl (C=O) groups is 1. The van der Waals surface area contributed by atoms with E-state index < -0.39 is 5.54 Å². The van der Waals surface area contributed by atoms with Gasteiger partial charge in [-0.2, -0.15) is 5.10 Å². The molecule has 0 bridgehead atoms. The molecule has 5 nitrogen and oxygen atoms in total. The molecule has 1 aromatic carbocycles. The number of para-hydroxylation sites is 1. The zero-order chi connectivity index (χ0) is 15.3. The summed E-state index contributed by atoms with van der Waals surface area (Å²) in [5.41, 5.74) is 7.01. The lowest BCUT2D eigenvalue weighted by Crippen LogP contribution is -2.48. The van der Waals surface area contributed by atoms with Gasteiger partial charge < -0.3 is 11.1 Å². The number of benzene rings is 1. The van der Waals surface area contributed by atoms with Gasteiger partial charge in [0, 0.05) is 18.1 Å². The molecule has 5 heteroatoms. The first-order valence-corrected chi connectivity index (χ1v) is 7.18. The van der Waals surface area contributed by atoms with Gasteiger partial charge in [0.15, 0.2) is 0 Å². The van der Waals surface area contributed by atoms with Gasteiger partial charge in [-0.25, -0.2) is 0 Å². The first-order valence-electron chi connectivity index (χ1n) is 7.18. The Bertz CT molecular complexity index is 590. The fourth-order valence-electron chi connectivity index (χ4n) is 2.25. The molecular formula is C16H22N4O. The van der Waals surface area contributed by atoms with Crippen LogP contribution in [0, 0.1) is 0 Å². The highest BCUT2D eigenvalue weighted by atomic mass is 16.2. The molecule has 0 aliphatic rings. The highest BCUT2D eigenvalue weighted by Crippen LogP contribution is 2.19. The van der Waals surface area contributed by atoms with Gasteiger partial charge in [0.25, 0.3) is 0 Å². The Kier molecular flexibility index (Phi) is 4.75. The van der Waals surface area contributed by atoms with Crippen LogP contribution in [0.25, 0.3) is 0 Å². The summed E-state index contributed by atoms with van der Waals surface area (Å²) in [5, 5.41) is 7.13. The molecular weight excluding hydrogens is 264 g/mol. The van der Waals surface area contributed by atoms with Crippen LogP contribution in [0.1, 0.15) is 32.3 Å². The lowest BCUT2D eigenvalue weighted by atomic mass is 9.96. The molecule has 0 radical (unpaired) electrons. The van der Waals surface area contributed by atoms with Crippen LogP contribution in [0.3, 0.4) is 0 Å². The molecule has 0 aliphatic heterocycles. The molecule has 1 heterocycles. The number of nitrogens with one attached hydrogen (secondary N) is 1. The van der Waals surface area contributed by atoms with Gasteiger partial charge in [-0.1, -0.05) is 31.5 Å². The van der Waals surface area contributed by atoms with Crippen molar-refractivity contribution >= 4 is 11.6 Å². The molecule has 2 aromatic rings. The van der Waals surface area contributed by atoms with Crippen molar-refractivity contribution in [3.05, 3.63) is 48.3 Å².